The van der Waals surface area contributed by atoms with Crippen LogP contribution in [0.3, 0.4) is 0 Å². The number of hydrogen-bond acceptors (Lipinski definition) is 5. The van der Waals surface area contributed by atoms with E-state index in [1.807, 2.05) is 30.3 Å². The van der Waals surface area contributed by atoms with Gasteiger partial charge in [-0.25, -0.2) is 9.97 Å². The average Bonchev–Trinajstić information content (AvgIpc) is 2.39. The molecule has 0 spiro atoms. The third kappa shape index (κ3) is 1.69. The second kappa shape index (κ2) is 3.92. The van der Waals surface area contributed by atoms with Crippen molar-refractivity contribution in [2.24, 2.45) is 0 Å². The Morgan fingerprint density at radius 2 is 1.89 bits per heavy atom. The summed E-state index contributed by atoms with van der Waals surface area (Å²) in [7, 11) is 0. The van der Waals surface area contributed by atoms with Crippen molar-refractivity contribution in [2.45, 2.75) is 0 Å². The molecule has 1 aromatic carbocycles. The highest BCUT2D eigenvalue weighted by Crippen LogP contribution is 2.14. The summed E-state index contributed by atoms with van der Waals surface area (Å²) < 4.78 is 0. The molecule has 0 radical (unpaired) electrons. The van der Waals surface area contributed by atoms with Crippen LogP contribution >= 0.6 is 0 Å². The number of benzene rings is 1. The van der Waals surface area contributed by atoms with Crippen LogP contribution in [0.2, 0.25) is 0 Å². The highest BCUT2D eigenvalue weighted by molar-refractivity contribution is 5.73. The second-order valence-electron chi connectivity index (χ2n) is 3.74. The summed E-state index contributed by atoms with van der Waals surface area (Å²) in [5.41, 5.74) is 7.09. The third-order valence-corrected chi connectivity index (χ3v) is 2.51. The Kier molecular flexibility index (Phi) is 2.26. The Hall–Kier alpha value is -2.76. The first-order valence-electron chi connectivity index (χ1n) is 5.32. The number of nitrogens with zero attached hydrogens (tertiary/aromatic N) is 3. The summed E-state index contributed by atoms with van der Waals surface area (Å²) in [5.74, 6) is 0.104. The number of nitrogens with one attached hydrogen (secondary N) is 1. The van der Waals surface area contributed by atoms with E-state index in [0.29, 0.717) is 16.9 Å². The zero-order valence-corrected chi connectivity index (χ0v) is 9.29. The van der Waals surface area contributed by atoms with E-state index in [1.165, 1.54) is 6.20 Å². The fourth-order valence-electron chi connectivity index (χ4n) is 1.69. The van der Waals surface area contributed by atoms with Crippen LogP contribution in [0.1, 0.15) is 0 Å². The lowest BCUT2D eigenvalue weighted by Gasteiger charge is -2.02. The molecule has 0 fully saturated rings. The second-order valence-corrected chi connectivity index (χ2v) is 3.74. The van der Waals surface area contributed by atoms with Crippen LogP contribution in [0, 0.1) is 0 Å². The molecular formula is C12H9N5O. The Bertz CT molecular complexity index is 766. The standard InChI is InChI=1S/C12H9N5O/c13-12-14-6-8-10(17-12)16-11(18)9(15-8)7-4-2-1-3-5-7/h1-6H,(H3,13,14,16,17,18). The number of anilines is 1. The van der Waals surface area contributed by atoms with E-state index >= 15 is 0 Å². The van der Waals surface area contributed by atoms with E-state index in [2.05, 4.69) is 19.9 Å². The van der Waals surface area contributed by atoms with Gasteiger partial charge in [-0.15, -0.1) is 0 Å². The SMILES string of the molecule is Nc1ncc2nc(-c3ccccc3)c(=O)[nH]c2n1. The molecule has 0 aliphatic heterocycles. The number of nitrogen functional groups attached to an aromatic ring is 1. The van der Waals surface area contributed by atoms with Gasteiger partial charge in [-0.3, -0.25) is 4.79 Å². The molecule has 2 aromatic heterocycles. The lowest BCUT2D eigenvalue weighted by atomic mass is 10.1. The van der Waals surface area contributed by atoms with Gasteiger partial charge >= 0.3 is 0 Å². The Morgan fingerprint density at radius 1 is 1.11 bits per heavy atom. The summed E-state index contributed by atoms with van der Waals surface area (Å²) in [5, 5.41) is 0. The molecule has 0 unspecified atom stereocenters. The summed E-state index contributed by atoms with van der Waals surface area (Å²) in [6.45, 7) is 0. The van der Waals surface area contributed by atoms with Crippen LogP contribution < -0.4 is 11.3 Å². The van der Waals surface area contributed by atoms with Gasteiger partial charge in [-0.1, -0.05) is 30.3 Å². The van der Waals surface area contributed by atoms with E-state index in [-0.39, 0.29) is 11.5 Å². The predicted octanol–water partition coefficient (Wildman–Crippen LogP) is 0.962. The Labute approximate surface area is 102 Å². The molecule has 3 rings (SSSR count). The van der Waals surface area contributed by atoms with Gasteiger partial charge in [-0.2, -0.15) is 4.98 Å². The molecule has 3 N–H and O–H groups in total. The van der Waals surface area contributed by atoms with Crippen LogP contribution in [0.4, 0.5) is 5.95 Å². The van der Waals surface area contributed by atoms with Crippen LogP contribution in [0.5, 0.6) is 0 Å². The van der Waals surface area contributed by atoms with Crippen molar-refractivity contribution >= 4 is 17.1 Å². The predicted molar refractivity (Wildman–Crippen MR) is 67.8 cm³/mol. The molecular weight excluding hydrogens is 230 g/mol. The number of rotatable bonds is 1. The maximum atomic E-state index is 11.9. The highest BCUT2D eigenvalue weighted by atomic mass is 16.1. The number of aromatic nitrogens is 4. The van der Waals surface area contributed by atoms with Gasteiger partial charge < -0.3 is 10.7 Å². The summed E-state index contributed by atoms with van der Waals surface area (Å²) >= 11 is 0. The zero-order chi connectivity index (χ0) is 12.5. The molecule has 0 amide bonds. The number of H-pyrrole nitrogens is 1. The van der Waals surface area contributed by atoms with Crippen molar-refractivity contribution in [1.82, 2.24) is 19.9 Å². The monoisotopic (exact) mass is 239 g/mol. The molecule has 0 saturated carbocycles. The minimum absolute atomic E-state index is 0.104. The smallest absolute Gasteiger partial charge is 0.276 e. The molecule has 0 atom stereocenters. The van der Waals surface area contributed by atoms with Gasteiger partial charge in [0.25, 0.3) is 5.56 Å². The lowest BCUT2D eigenvalue weighted by Crippen LogP contribution is -2.13. The number of hydrogen-bond donors (Lipinski definition) is 2. The highest BCUT2D eigenvalue weighted by Gasteiger charge is 2.08. The molecule has 0 saturated heterocycles. The minimum Gasteiger partial charge on any atom is -0.368 e. The van der Waals surface area contributed by atoms with E-state index in [0.717, 1.165) is 5.56 Å². The van der Waals surface area contributed by atoms with E-state index in [9.17, 15) is 4.79 Å². The largest absolute Gasteiger partial charge is 0.368 e. The van der Waals surface area contributed by atoms with Crippen molar-refractivity contribution in [3.63, 3.8) is 0 Å². The fraction of sp³-hybridized carbons (Fsp3) is 0. The van der Waals surface area contributed by atoms with Crippen molar-refractivity contribution < 1.29 is 0 Å². The van der Waals surface area contributed by atoms with E-state index in [1.54, 1.807) is 0 Å². The summed E-state index contributed by atoms with van der Waals surface area (Å²) in [6.07, 6.45) is 1.49. The Balaban J connectivity index is 2.29. The molecule has 18 heavy (non-hydrogen) atoms. The third-order valence-electron chi connectivity index (χ3n) is 2.51. The average molecular weight is 239 g/mol. The molecule has 6 nitrogen and oxygen atoms in total. The molecule has 0 bridgehead atoms. The van der Waals surface area contributed by atoms with Gasteiger partial charge in [-0.05, 0) is 0 Å². The molecule has 3 aromatic rings. The first kappa shape index (κ1) is 10.4. The lowest BCUT2D eigenvalue weighted by molar-refractivity contribution is 1.13. The van der Waals surface area contributed by atoms with Crippen LogP contribution in [-0.4, -0.2) is 19.9 Å². The summed E-state index contributed by atoms with van der Waals surface area (Å²) in [6, 6.07) is 9.21. The van der Waals surface area contributed by atoms with Crippen molar-refractivity contribution in [3.8, 4) is 11.3 Å². The first-order valence-corrected chi connectivity index (χ1v) is 5.32. The number of nitrogens with two attached hydrogens (primary N) is 1. The number of fused-ring (bicyclic) bond motifs is 1. The maximum absolute atomic E-state index is 11.9. The summed E-state index contributed by atoms with van der Waals surface area (Å²) in [4.78, 5) is 26.6. The minimum atomic E-state index is -0.299. The molecule has 0 aliphatic carbocycles. The molecule has 6 heteroatoms. The van der Waals surface area contributed by atoms with Crippen LogP contribution in [-0.2, 0) is 0 Å². The van der Waals surface area contributed by atoms with Gasteiger partial charge in [0.05, 0.1) is 6.20 Å². The van der Waals surface area contributed by atoms with Gasteiger partial charge in [0.2, 0.25) is 5.95 Å². The Morgan fingerprint density at radius 3 is 2.67 bits per heavy atom. The van der Waals surface area contributed by atoms with Crippen LogP contribution in [0.25, 0.3) is 22.4 Å². The fourth-order valence-corrected chi connectivity index (χ4v) is 1.69. The molecule has 2 heterocycles. The van der Waals surface area contributed by atoms with Gasteiger partial charge in [0, 0.05) is 5.56 Å². The maximum Gasteiger partial charge on any atom is 0.276 e. The van der Waals surface area contributed by atoms with E-state index in [4.69, 9.17) is 5.73 Å². The van der Waals surface area contributed by atoms with Crippen molar-refractivity contribution in [2.75, 3.05) is 5.73 Å². The van der Waals surface area contributed by atoms with Gasteiger partial charge in [0.1, 0.15) is 11.2 Å². The quantitative estimate of drug-likeness (QED) is 0.659. The normalized spacial score (nSPS) is 10.7. The van der Waals surface area contributed by atoms with E-state index < -0.39 is 0 Å². The molecule has 88 valence electrons. The van der Waals surface area contributed by atoms with Crippen LogP contribution in [0.15, 0.2) is 41.3 Å². The zero-order valence-electron chi connectivity index (χ0n) is 9.29. The number of aromatic amines is 1. The topological polar surface area (TPSA) is 97.5 Å². The first-order chi connectivity index (χ1) is 8.74. The van der Waals surface area contributed by atoms with Gasteiger partial charge in [0.15, 0.2) is 5.65 Å². The van der Waals surface area contributed by atoms with Crippen molar-refractivity contribution in [1.29, 1.82) is 0 Å². The van der Waals surface area contributed by atoms with Crippen molar-refractivity contribution in [3.05, 3.63) is 46.9 Å². The molecule has 0 aliphatic rings.